The van der Waals surface area contributed by atoms with Gasteiger partial charge in [-0.25, -0.2) is 4.98 Å². The van der Waals surface area contributed by atoms with Gasteiger partial charge in [-0.3, -0.25) is 9.59 Å². The number of nitrogens with one attached hydrogen (secondary N) is 1. The van der Waals surface area contributed by atoms with Crippen molar-refractivity contribution in [3.8, 4) is 0 Å². The van der Waals surface area contributed by atoms with E-state index in [4.69, 9.17) is 10.4 Å². The minimum absolute atomic E-state index is 0.0342. The van der Waals surface area contributed by atoms with Crippen molar-refractivity contribution in [3.05, 3.63) is 48.0 Å². The number of rotatable bonds is 5. The number of benzene rings is 1. The maximum absolute atomic E-state index is 13.6. The van der Waals surface area contributed by atoms with Crippen molar-refractivity contribution in [3.63, 3.8) is 0 Å². The first-order valence-corrected chi connectivity index (χ1v) is 14.7. The number of nitrogens with zero attached hydrogens (tertiary/aromatic N) is 1. The van der Waals surface area contributed by atoms with Crippen molar-refractivity contribution < 1.29 is 14.7 Å². The number of para-hydroxylation sites is 1. The summed E-state index contributed by atoms with van der Waals surface area (Å²) >= 11 is 1.53. The average Bonchev–Trinajstić information content (AvgIpc) is 3.23. The first-order valence-electron chi connectivity index (χ1n) is 13.7. The minimum atomic E-state index is -0.497. The third kappa shape index (κ3) is 3.94. The number of aromatic nitrogens is 1. The quantitative estimate of drug-likeness (QED) is 0.382. The Hall–Kier alpha value is -2.31. The maximum Gasteiger partial charge on any atom is 0.164 e. The van der Waals surface area contributed by atoms with Gasteiger partial charge in [-0.05, 0) is 85.3 Å². The number of aliphatic hydroxyl groups excluding tert-OH is 1. The Morgan fingerprint density at radius 2 is 1.97 bits per heavy atom. The second-order valence-corrected chi connectivity index (χ2v) is 13.3. The lowest BCUT2D eigenvalue weighted by Gasteiger charge is -2.60. The Bertz CT molecular complexity index is 1310. The van der Waals surface area contributed by atoms with E-state index >= 15 is 0 Å². The second kappa shape index (κ2) is 9.16. The second-order valence-electron chi connectivity index (χ2n) is 12.3. The number of aliphatic hydroxyl groups is 1. The number of allylic oxidation sites excluding steroid dienone is 1. The molecule has 194 valence electrons. The van der Waals surface area contributed by atoms with Crippen LogP contribution in [-0.2, 0) is 9.59 Å². The summed E-state index contributed by atoms with van der Waals surface area (Å²) in [4.78, 5) is 30.9. The number of ketones is 2. The molecule has 1 heterocycles. The molecule has 1 aromatic heterocycles. The molecule has 2 aromatic rings. The summed E-state index contributed by atoms with van der Waals surface area (Å²) in [6.07, 6.45) is 7.62. The molecule has 0 spiro atoms. The highest BCUT2D eigenvalue weighted by Crippen LogP contribution is 2.67. The number of pyridine rings is 1. The van der Waals surface area contributed by atoms with E-state index in [0.29, 0.717) is 30.4 Å². The summed E-state index contributed by atoms with van der Waals surface area (Å²) in [5.74, 6) is 1.17. The summed E-state index contributed by atoms with van der Waals surface area (Å²) in [6.45, 7) is 4.47. The van der Waals surface area contributed by atoms with Gasteiger partial charge < -0.3 is 10.5 Å². The van der Waals surface area contributed by atoms with Gasteiger partial charge in [-0.1, -0.05) is 55.4 Å². The molecule has 0 aliphatic heterocycles. The summed E-state index contributed by atoms with van der Waals surface area (Å²) in [5.41, 5.74) is 1.67. The number of fused-ring (bicyclic) bond motifs is 6. The molecule has 1 aromatic carbocycles. The monoisotopic (exact) mass is 516 g/mol. The highest BCUT2D eigenvalue weighted by molar-refractivity contribution is 7.99. The third-order valence-corrected chi connectivity index (χ3v) is 11.5. The zero-order chi connectivity index (χ0) is 25.9. The van der Waals surface area contributed by atoms with Crippen molar-refractivity contribution in [2.45, 2.75) is 63.5 Å². The molecule has 0 radical (unpaired) electrons. The molecule has 3 saturated carbocycles. The van der Waals surface area contributed by atoms with Gasteiger partial charge >= 0.3 is 0 Å². The van der Waals surface area contributed by atoms with Crippen LogP contribution in [0, 0.1) is 45.8 Å². The Morgan fingerprint density at radius 3 is 2.78 bits per heavy atom. The van der Waals surface area contributed by atoms with Gasteiger partial charge in [0.1, 0.15) is 5.78 Å². The van der Waals surface area contributed by atoms with Gasteiger partial charge in [0.2, 0.25) is 0 Å². The summed E-state index contributed by atoms with van der Waals surface area (Å²) < 4.78 is 0. The van der Waals surface area contributed by atoms with E-state index in [1.54, 1.807) is 6.08 Å². The van der Waals surface area contributed by atoms with Crippen molar-refractivity contribution in [2.75, 3.05) is 5.75 Å². The van der Waals surface area contributed by atoms with Gasteiger partial charge in [0.05, 0.1) is 28.3 Å². The highest BCUT2D eigenvalue weighted by Gasteiger charge is 2.63. The van der Waals surface area contributed by atoms with E-state index in [0.717, 1.165) is 41.6 Å². The Labute approximate surface area is 223 Å². The lowest BCUT2D eigenvalue weighted by Crippen LogP contribution is -2.57. The molecule has 0 amide bonds. The largest absolute Gasteiger partial charge is 0.393 e. The molecule has 8 unspecified atom stereocenters. The lowest BCUT2D eigenvalue weighted by molar-refractivity contribution is -0.144. The lowest BCUT2D eigenvalue weighted by atomic mass is 9.45. The Kier molecular flexibility index (Phi) is 6.19. The van der Waals surface area contributed by atoms with Gasteiger partial charge in [0.15, 0.2) is 5.78 Å². The SMILES string of the molecule is CC12CC(C=N)C(=O)C=C1CCC1C2C(O)CC2(C)C(C(=O)CSc3ccc4ccccc4n3)CCC12. The van der Waals surface area contributed by atoms with E-state index in [1.165, 1.54) is 23.5 Å². The first-order chi connectivity index (χ1) is 17.7. The molecule has 4 aliphatic carbocycles. The molecule has 4 aliphatic rings. The van der Waals surface area contributed by atoms with E-state index in [2.05, 4.69) is 19.9 Å². The fourth-order valence-corrected chi connectivity index (χ4v) is 9.68. The highest BCUT2D eigenvalue weighted by atomic mass is 32.2. The molecule has 0 saturated heterocycles. The van der Waals surface area contributed by atoms with Crippen LogP contribution in [0.1, 0.15) is 52.4 Å². The number of thioether (sulfide) groups is 1. The van der Waals surface area contributed by atoms with E-state index in [1.807, 2.05) is 30.3 Å². The van der Waals surface area contributed by atoms with Crippen molar-refractivity contribution >= 4 is 40.4 Å². The zero-order valence-corrected chi connectivity index (χ0v) is 22.5. The van der Waals surface area contributed by atoms with E-state index in [-0.39, 0.29) is 40.2 Å². The molecule has 0 bridgehead atoms. The van der Waals surface area contributed by atoms with Crippen LogP contribution in [0.4, 0.5) is 0 Å². The number of hydrogen-bond acceptors (Lipinski definition) is 6. The van der Waals surface area contributed by atoms with Crippen LogP contribution < -0.4 is 0 Å². The maximum atomic E-state index is 13.6. The summed E-state index contributed by atoms with van der Waals surface area (Å²) in [7, 11) is 0. The topological polar surface area (TPSA) is 91.1 Å². The van der Waals surface area contributed by atoms with Gasteiger partial charge in [-0.15, -0.1) is 0 Å². The molecule has 5 nitrogen and oxygen atoms in total. The molecule has 6 heteroatoms. The van der Waals surface area contributed by atoms with Crippen LogP contribution in [0.15, 0.2) is 53.1 Å². The molecule has 37 heavy (non-hydrogen) atoms. The predicted molar refractivity (Wildman–Crippen MR) is 147 cm³/mol. The van der Waals surface area contributed by atoms with E-state index < -0.39 is 6.10 Å². The average molecular weight is 517 g/mol. The van der Waals surface area contributed by atoms with Gasteiger partial charge in [0, 0.05) is 17.5 Å². The molecule has 2 N–H and O–H groups in total. The summed E-state index contributed by atoms with van der Waals surface area (Å²) in [6, 6.07) is 12.1. The van der Waals surface area contributed by atoms with Crippen LogP contribution in [0.25, 0.3) is 10.9 Å². The molecular formula is C31H36N2O3S. The normalized spacial score (nSPS) is 38.9. The van der Waals surface area contributed by atoms with Crippen LogP contribution in [-0.4, -0.2) is 39.7 Å². The zero-order valence-electron chi connectivity index (χ0n) is 21.7. The van der Waals surface area contributed by atoms with Gasteiger partial charge in [0.25, 0.3) is 0 Å². The van der Waals surface area contributed by atoms with Crippen LogP contribution in [0.3, 0.4) is 0 Å². The fraction of sp³-hybridized carbons (Fsp3) is 0.548. The summed E-state index contributed by atoms with van der Waals surface area (Å²) in [5, 5.41) is 21.4. The number of carbonyl (C=O) groups is 2. The molecular weight excluding hydrogens is 480 g/mol. The Morgan fingerprint density at radius 1 is 1.16 bits per heavy atom. The number of Topliss-reactive ketones (excluding diaryl/α,β-unsaturated/α-hetero) is 1. The van der Waals surface area contributed by atoms with Gasteiger partial charge in [-0.2, -0.15) is 0 Å². The third-order valence-electron chi connectivity index (χ3n) is 10.5. The minimum Gasteiger partial charge on any atom is -0.393 e. The first kappa shape index (κ1) is 25.0. The smallest absolute Gasteiger partial charge is 0.164 e. The Balaban J connectivity index is 1.21. The van der Waals surface area contributed by atoms with Crippen molar-refractivity contribution in [1.82, 2.24) is 4.98 Å². The van der Waals surface area contributed by atoms with Crippen LogP contribution in [0.5, 0.6) is 0 Å². The van der Waals surface area contributed by atoms with Crippen molar-refractivity contribution in [2.24, 2.45) is 40.4 Å². The molecule has 6 rings (SSSR count). The van der Waals surface area contributed by atoms with Crippen LogP contribution >= 0.6 is 11.8 Å². The number of carbonyl (C=O) groups excluding carboxylic acids is 2. The fourth-order valence-electron chi connectivity index (χ4n) is 8.86. The standard InChI is InChI=1S/C31H36N2O3S/c1-30-14-19(16-32)25(34)13-20(30)8-9-21-22-10-11-23(31(22,2)15-26(35)29(21)30)27(36)17-37-28-12-7-18-5-3-4-6-24(18)33-28/h3-7,12-13,16,19,21-23,26,29,32,35H,8-11,14-15,17H2,1-2H3. The van der Waals surface area contributed by atoms with Crippen LogP contribution in [0.2, 0.25) is 0 Å². The molecule has 8 atom stereocenters. The van der Waals surface area contributed by atoms with Crippen molar-refractivity contribution in [1.29, 1.82) is 5.41 Å². The predicted octanol–water partition coefficient (Wildman–Crippen LogP) is 5.89. The molecule has 3 fully saturated rings. The number of hydrogen-bond donors (Lipinski definition) is 2. The van der Waals surface area contributed by atoms with E-state index in [9.17, 15) is 14.7 Å².